The van der Waals surface area contributed by atoms with Crippen molar-refractivity contribution < 1.29 is 9.32 Å². The molecule has 124 valence electrons. The average Bonchev–Trinajstić information content (AvgIpc) is 3.20. The highest BCUT2D eigenvalue weighted by Gasteiger charge is 2.15. The number of fused-ring (bicyclic) bond motifs is 1. The number of nitrogens with one attached hydrogen (secondary N) is 1. The quantitative estimate of drug-likeness (QED) is 0.620. The number of amides is 1. The zero-order chi connectivity index (χ0) is 17.2. The molecule has 0 fully saturated rings. The van der Waals surface area contributed by atoms with Crippen molar-refractivity contribution in [3.8, 4) is 11.4 Å². The summed E-state index contributed by atoms with van der Waals surface area (Å²) in [5, 5.41) is 12.1. The van der Waals surface area contributed by atoms with E-state index < -0.39 is 0 Å². The van der Waals surface area contributed by atoms with E-state index in [2.05, 4.69) is 20.6 Å². The van der Waals surface area contributed by atoms with Crippen molar-refractivity contribution >= 4 is 22.7 Å². The van der Waals surface area contributed by atoms with Crippen LogP contribution in [0.25, 0.3) is 22.4 Å². The van der Waals surface area contributed by atoms with Crippen molar-refractivity contribution in [1.82, 2.24) is 19.9 Å². The molecule has 4 aromatic rings. The molecule has 0 unspecified atom stereocenters. The van der Waals surface area contributed by atoms with Gasteiger partial charge in [-0.1, -0.05) is 23.4 Å². The molecule has 0 aliphatic carbocycles. The molecule has 3 aromatic heterocycles. The van der Waals surface area contributed by atoms with Gasteiger partial charge in [-0.3, -0.25) is 14.5 Å². The number of hydrogen-bond acceptors (Lipinski definition) is 5. The second-order valence-electron chi connectivity index (χ2n) is 5.60. The molecule has 1 amide bonds. The highest BCUT2D eigenvalue weighted by atomic mass is 16.5. The molecule has 7 nitrogen and oxygen atoms in total. The van der Waals surface area contributed by atoms with Crippen molar-refractivity contribution in [1.29, 1.82) is 0 Å². The first kappa shape index (κ1) is 15.1. The molecule has 25 heavy (non-hydrogen) atoms. The van der Waals surface area contributed by atoms with Crippen molar-refractivity contribution in [2.45, 2.75) is 6.42 Å². The molecule has 0 saturated carbocycles. The van der Waals surface area contributed by atoms with E-state index in [0.29, 0.717) is 22.8 Å². The number of nitrogens with zero attached hydrogens (tertiary/aromatic N) is 4. The van der Waals surface area contributed by atoms with Crippen LogP contribution in [0.1, 0.15) is 5.69 Å². The number of aryl methyl sites for hydroxylation is 1. The average molecular weight is 333 g/mol. The zero-order valence-electron chi connectivity index (χ0n) is 13.5. The van der Waals surface area contributed by atoms with E-state index in [4.69, 9.17) is 4.52 Å². The third kappa shape index (κ3) is 2.99. The number of pyridine rings is 1. The standard InChI is InChI=1S/C18H15N5O2/c1-23-17(10-15(21-23)13-7-4-5-9-19-13)20-18(24)11-14-12-6-2-3-8-16(12)25-22-14/h2-10H,11H2,1H3,(H,20,24). The van der Waals surface area contributed by atoms with Crippen LogP contribution in [0.3, 0.4) is 0 Å². The Morgan fingerprint density at radius 2 is 2.00 bits per heavy atom. The second-order valence-corrected chi connectivity index (χ2v) is 5.60. The summed E-state index contributed by atoms with van der Waals surface area (Å²) in [5.41, 5.74) is 2.73. The van der Waals surface area contributed by atoms with Gasteiger partial charge in [0.2, 0.25) is 5.91 Å². The van der Waals surface area contributed by atoms with Gasteiger partial charge in [-0.25, -0.2) is 0 Å². The molecule has 0 saturated heterocycles. The lowest BCUT2D eigenvalue weighted by Gasteiger charge is -2.03. The molecule has 0 aliphatic heterocycles. The van der Waals surface area contributed by atoms with Gasteiger partial charge < -0.3 is 9.84 Å². The van der Waals surface area contributed by atoms with Gasteiger partial charge in [0.25, 0.3) is 0 Å². The number of hydrogen-bond donors (Lipinski definition) is 1. The molecule has 1 aromatic carbocycles. The molecular weight excluding hydrogens is 318 g/mol. The number of anilines is 1. The van der Waals surface area contributed by atoms with Crippen LogP contribution in [0.2, 0.25) is 0 Å². The fourth-order valence-corrected chi connectivity index (χ4v) is 2.63. The highest BCUT2D eigenvalue weighted by molar-refractivity contribution is 5.94. The van der Waals surface area contributed by atoms with Crippen molar-refractivity contribution in [2.75, 3.05) is 5.32 Å². The van der Waals surface area contributed by atoms with Crippen molar-refractivity contribution in [2.24, 2.45) is 7.05 Å². The lowest BCUT2D eigenvalue weighted by molar-refractivity contribution is -0.115. The maximum atomic E-state index is 12.4. The van der Waals surface area contributed by atoms with Gasteiger partial charge in [-0.15, -0.1) is 0 Å². The van der Waals surface area contributed by atoms with Crippen LogP contribution < -0.4 is 5.32 Å². The minimum atomic E-state index is -0.186. The van der Waals surface area contributed by atoms with E-state index in [0.717, 1.165) is 11.1 Å². The molecule has 3 heterocycles. The van der Waals surface area contributed by atoms with Gasteiger partial charge in [-0.05, 0) is 24.3 Å². The predicted octanol–water partition coefficient (Wildman–Crippen LogP) is 2.80. The van der Waals surface area contributed by atoms with Crippen LogP contribution >= 0.6 is 0 Å². The fraction of sp³-hybridized carbons (Fsp3) is 0.111. The zero-order valence-corrected chi connectivity index (χ0v) is 13.5. The van der Waals surface area contributed by atoms with E-state index in [1.54, 1.807) is 24.0 Å². The van der Waals surface area contributed by atoms with Gasteiger partial charge in [0, 0.05) is 24.7 Å². The number of carbonyl (C=O) groups excluding carboxylic acids is 1. The third-order valence-electron chi connectivity index (χ3n) is 3.85. The minimum absolute atomic E-state index is 0.126. The van der Waals surface area contributed by atoms with Crippen LogP contribution in [0, 0.1) is 0 Å². The van der Waals surface area contributed by atoms with E-state index in [1.165, 1.54) is 0 Å². The Bertz CT molecular complexity index is 1040. The summed E-state index contributed by atoms with van der Waals surface area (Å²) in [4.78, 5) is 16.6. The maximum Gasteiger partial charge on any atom is 0.231 e. The Balaban J connectivity index is 1.52. The fourth-order valence-electron chi connectivity index (χ4n) is 2.63. The van der Waals surface area contributed by atoms with Gasteiger partial charge in [0.15, 0.2) is 5.58 Å². The van der Waals surface area contributed by atoms with Crippen molar-refractivity contribution in [3.05, 3.63) is 60.4 Å². The Morgan fingerprint density at radius 1 is 1.16 bits per heavy atom. The number of carbonyl (C=O) groups is 1. The molecule has 7 heteroatoms. The SMILES string of the molecule is Cn1nc(-c2ccccn2)cc1NC(=O)Cc1noc2ccccc12. The van der Waals surface area contributed by atoms with E-state index in [-0.39, 0.29) is 12.3 Å². The lowest BCUT2D eigenvalue weighted by atomic mass is 10.1. The number of para-hydroxylation sites is 1. The smallest absolute Gasteiger partial charge is 0.231 e. The van der Waals surface area contributed by atoms with Gasteiger partial charge >= 0.3 is 0 Å². The number of aromatic nitrogens is 4. The summed E-state index contributed by atoms with van der Waals surface area (Å²) >= 11 is 0. The summed E-state index contributed by atoms with van der Waals surface area (Å²) in [6, 6.07) is 14.9. The third-order valence-corrected chi connectivity index (χ3v) is 3.85. The Hall–Kier alpha value is -3.48. The molecule has 0 atom stereocenters. The summed E-state index contributed by atoms with van der Waals surface area (Å²) in [6.45, 7) is 0. The molecule has 1 N–H and O–H groups in total. The summed E-state index contributed by atoms with van der Waals surface area (Å²) < 4.78 is 6.84. The molecular formula is C18H15N5O2. The van der Waals surface area contributed by atoms with E-state index in [1.807, 2.05) is 42.5 Å². The Morgan fingerprint density at radius 3 is 2.84 bits per heavy atom. The first-order valence-corrected chi connectivity index (χ1v) is 7.79. The molecule has 0 aliphatic rings. The summed E-state index contributed by atoms with van der Waals surface area (Å²) in [5.74, 6) is 0.410. The molecule has 0 radical (unpaired) electrons. The van der Waals surface area contributed by atoms with Gasteiger partial charge in [-0.2, -0.15) is 5.10 Å². The maximum absolute atomic E-state index is 12.4. The van der Waals surface area contributed by atoms with Crippen LogP contribution in [-0.4, -0.2) is 25.8 Å². The highest BCUT2D eigenvalue weighted by Crippen LogP contribution is 2.21. The summed E-state index contributed by atoms with van der Waals surface area (Å²) in [7, 11) is 1.77. The first-order valence-electron chi connectivity index (χ1n) is 7.79. The topological polar surface area (TPSA) is 85.8 Å². The summed E-state index contributed by atoms with van der Waals surface area (Å²) in [6.07, 6.45) is 1.83. The molecule has 0 bridgehead atoms. The molecule has 4 rings (SSSR count). The van der Waals surface area contributed by atoms with Crippen LogP contribution in [0.5, 0.6) is 0 Å². The first-order chi connectivity index (χ1) is 12.2. The normalized spacial score (nSPS) is 10.9. The van der Waals surface area contributed by atoms with Gasteiger partial charge in [0.05, 0.1) is 12.1 Å². The number of benzene rings is 1. The number of rotatable bonds is 4. The minimum Gasteiger partial charge on any atom is -0.356 e. The lowest BCUT2D eigenvalue weighted by Crippen LogP contribution is -2.16. The van der Waals surface area contributed by atoms with Gasteiger partial charge in [0.1, 0.15) is 17.2 Å². The van der Waals surface area contributed by atoms with Crippen LogP contribution in [0.15, 0.2) is 59.3 Å². The van der Waals surface area contributed by atoms with Crippen LogP contribution in [-0.2, 0) is 18.3 Å². The predicted molar refractivity (Wildman–Crippen MR) is 92.8 cm³/mol. The van der Waals surface area contributed by atoms with Crippen LogP contribution in [0.4, 0.5) is 5.82 Å². The largest absolute Gasteiger partial charge is 0.356 e. The monoisotopic (exact) mass is 333 g/mol. The molecule has 0 spiro atoms. The Kier molecular flexibility index (Phi) is 3.74. The van der Waals surface area contributed by atoms with E-state index in [9.17, 15) is 4.79 Å². The Labute approximate surface area is 143 Å². The second kappa shape index (κ2) is 6.20. The van der Waals surface area contributed by atoms with E-state index >= 15 is 0 Å². The van der Waals surface area contributed by atoms with Crippen molar-refractivity contribution in [3.63, 3.8) is 0 Å².